The fourth-order valence-corrected chi connectivity index (χ4v) is 6.22. The van der Waals surface area contributed by atoms with Gasteiger partial charge in [0.2, 0.25) is 11.7 Å². The minimum absolute atomic E-state index is 0.132. The van der Waals surface area contributed by atoms with Gasteiger partial charge in [0.05, 0.1) is 5.39 Å². The van der Waals surface area contributed by atoms with Gasteiger partial charge in [-0.25, -0.2) is 4.98 Å². The van der Waals surface area contributed by atoms with E-state index in [1.165, 1.54) is 10.4 Å². The number of thioether (sulfide) groups is 1. The third-order valence-corrected chi connectivity index (χ3v) is 7.66. The van der Waals surface area contributed by atoms with Crippen molar-refractivity contribution in [3.05, 3.63) is 51.2 Å². The number of hydrogen-bond donors (Lipinski definition) is 0. The van der Waals surface area contributed by atoms with Crippen molar-refractivity contribution < 1.29 is 4.52 Å². The molecule has 1 aliphatic carbocycles. The molecule has 0 fully saturated rings. The number of hydrogen-bond acceptors (Lipinski definition) is 8. The van der Waals surface area contributed by atoms with Crippen molar-refractivity contribution in [1.29, 1.82) is 0 Å². The summed E-state index contributed by atoms with van der Waals surface area (Å²) in [5.41, 5.74) is 2.27. The van der Waals surface area contributed by atoms with E-state index < -0.39 is 0 Å². The van der Waals surface area contributed by atoms with Crippen LogP contribution in [0.2, 0.25) is 0 Å². The van der Waals surface area contributed by atoms with E-state index in [1.54, 1.807) is 35.5 Å². The summed E-state index contributed by atoms with van der Waals surface area (Å²) in [6, 6.07) is 3.72. The fourth-order valence-electron chi connectivity index (χ4n) is 3.95. The van der Waals surface area contributed by atoms with Gasteiger partial charge in [0.15, 0.2) is 5.16 Å². The Morgan fingerprint density at radius 1 is 1.23 bits per heavy atom. The molecule has 0 unspecified atom stereocenters. The van der Waals surface area contributed by atoms with Crippen LogP contribution in [0.3, 0.4) is 0 Å². The zero-order valence-electron chi connectivity index (χ0n) is 17.3. The molecule has 0 amide bonds. The highest BCUT2D eigenvalue weighted by molar-refractivity contribution is 7.99. The number of aryl methyl sites for hydroxylation is 3. The van der Waals surface area contributed by atoms with Gasteiger partial charge >= 0.3 is 0 Å². The van der Waals surface area contributed by atoms with Gasteiger partial charge in [-0.2, -0.15) is 4.98 Å². The van der Waals surface area contributed by atoms with Gasteiger partial charge in [0.25, 0.3) is 5.56 Å². The molecule has 0 saturated carbocycles. The van der Waals surface area contributed by atoms with Gasteiger partial charge in [-0.3, -0.25) is 14.3 Å². The summed E-state index contributed by atoms with van der Waals surface area (Å²) in [5, 5.41) is 5.74. The molecule has 0 aliphatic heterocycles. The van der Waals surface area contributed by atoms with Crippen LogP contribution in [-0.2, 0) is 25.8 Å². The molecule has 1 aliphatic rings. The first-order valence-corrected chi connectivity index (χ1v) is 12.5. The normalized spacial score (nSPS) is 13.2. The quantitative estimate of drug-likeness (QED) is 0.220. The maximum atomic E-state index is 13.2. The van der Waals surface area contributed by atoms with Gasteiger partial charge < -0.3 is 4.52 Å². The number of fused-ring (bicyclic) bond motifs is 3. The minimum atomic E-state index is 0.132. The second-order valence-electron chi connectivity index (χ2n) is 7.59. The van der Waals surface area contributed by atoms with Crippen molar-refractivity contribution >= 4 is 33.3 Å². The predicted molar refractivity (Wildman–Crippen MR) is 123 cm³/mol. The van der Waals surface area contributed by atoms with Crippen LogP contribution in [0.1, 0.15) is 42.5 Å². The van der Waals surface area contributed by atoms with E-state index in [4.69, 9.17) is 9.51 Å². The highest BCUT2D eigenvalue weighted by Crippen LogP contribution is 2.35. The average Bonchev–Trinajstić information content (AvgIpc) is 3.50. The van der Waals surface area contributed by atoms with Crippen LogP contribution in [0.15, 0.2) is 39.0 Å². The van der Waals surface area contributed by atoms with Gasteiger partial charge in [-0.15, -0.1) is 11.3 Å². The minimum Gasteiger partial charge on any atom is -0.339 e. The van der Waals surface area contributed by atoms with Gasteiger partial charge in [0.1, 0.15) is 4.83 Å². The molecule has 5 rings (SSSR count). The second-order valence-corrected chi connectivity index (χ2v) is 9.73. The number of nitrogens with zero attached hydrogens (tertiary/aromatic N) is 5. The van der Waals surface area contributed by atoms with Gasteiger partial charge in [-0.1, -0.05) is 23.8 Å². The molecule has 0 bridgehead atoms. The van der Waals surface area contributed by atoms with Crippen LogP contribution < -0.4 is 5.56 Å². The lowest BCUT2D eigenvalue weighted by Gasteiger charge is -2.11. The Hall–Kier alpha value is -2.52. The molecule has 0 atom stereocenters. The van der Waals surface area contributed by atoms with Crippen LogP contribution in [0.5, 0.6) is 0 Å². The first-order chi connectivity index (χ1) is 15.2. The molecule has 0 spiro atoms. The zero-order valence-corrected chi connectivity index (χ0v) is 19.0. The first kappa shape index (κ1) is 20.4. The molecule has 0 aromatic carbocycles. The molecule has 4 aromatic heterocycles. The van der Waals surface area contributed by atoms with Crippen LogP contribution in [0.25, 0.3) is 21.6 Å². The van der Waals surface area contributed by atoms with Crippen molar-refractivity contribution in [1.82, 2.24) is 24.7 Å². The first-order valence-electron chi connectivity index (χ1n) is 10.7. The van der Waals surface area contributed by atoms with Crippen LogP contribution >= 0.6 is 23.1 Å². The number of rotatable bonds is 8. The summed E-state index contributed by atoms with van der Waals surface area (Å²) in [6.45, 7) is 2.80. The third kappa shape index (κ3) is 4.04. The highest BCUT2D eigenvalue weighted by atomic mass is 32.2. The lowest BCUT2D eigenvalue weighted by molar-refractivity contribution is 0.378. The SMILES string of the molecule is CCCn1c(SCCCc2nc(-c3ccncc3)no2)nc2sc3c(c2c1=O)CCC3. The Kier molecular flexibility index (Phi) is 5.87. The van der Waals surface area contributed by atoms with E-state index in [1.807, 2.05) is 16.7 Å². The number of thiophene rings is 1. The van der Waals surface area contributed by atoms with E-state index in [0.29, 0.717) is 24.7 Å². The fraction of sp³-hybridized carbons (Fsp3) is 0.409. The van der Waals surface area contributed by atoms with E-state index in [2.05, 4.69) is 22.0 Å². The molecule has 160 valence electrons. The summed E-state index contributed by atoms with van der Waals surface area (Å²) in [4.78, 5) is 28.9. The molecule has 0 radical (unpaired) electrons. The predicted octanol–water partition coefficient (Wildman–Crippen LogP) is 4.53. The topological polar surface area (TPSA) is 86.7 Å². The van der Waals surface area contributed by atoms with Crippen molar-refractivity contribution in [2.45, 2.75) is 57.1 Å². The maximum Gasteiger partial charge on any atom is 0.263 e. The van der Waals surface area contributed by atoms with Crippen molar-refractivity contribution in [3.63, 3.8) is 0 Å². The third-order valence-electron chi connectivity index (χ3n) is 5.41. The molecule has 4 heterocycles. The molecule has 31 heavy (non-hydrogen) atoms. The Labute approximate surface area is 187 Å². The van der Waals surface area contributed by atoms with Gasteiger partial charge in [-0.05, 0) is 49.8 Å². The summed E-state index contributed by atoms with van der Waals surface area (Å²) in [6.07, 6.45) is 9.14. The van der Waals surface area contributed by atoms with E-state index in [0.717, 1.165) is 58.8 Å². The van der Waals surface area contributed by atoms with E-state index in [-0.39, 0.29) is 5.56 Å². The lowest BCUT2D eigenvalue weighted by Crippen LogP contribution is -2.23. The molecule has 9 heteroatoms. The Balaban J connectivity index is 1.28. The largest absolute Gasteiger partial charge is 0.339 e. The molecular weight excluding hydrogens is 430 g/mol. The maximum absolute atomic E-state index is 13.2. The monoisotopic (exact) mass is 453 g/mol. The Morgan fingerprint density at radius 2 is 2.10 bits per heavy atom. The van der Waals surface area contributed by atoms with Gasteiger partial charge in [0, 0.05) is 41.6 Å². The zero-order chi connectivity index (χ0) is 21.2. The number of pyridine rings is 1. The summed E-state index contributed by atoms with van der Waals surface area (Å²) in [7, 11) is 0. The summed E-state index contributed by atoms with van der Waals surface area (Å²) in [5.74, 6) is 2.04. The molecule has 0 N–H and O–H groups in total. The summed E-state index contributed by atoms with van der Waals surface area (Å²) < 4.78 is 7.25. The molecule has 0 saturated heterocycles. The smallest absolute Gasteiger partial charge is 0.263 e. The summed E-state index contributed by atoms with van der Waals surface area (Å²) >= 11 is 3.34. The number of aromatic nitrogens is 5. The van der Waals surface area contributed by atoms with E-state index in [9.17, 15) is 4.79 Å². The standard InChI is InChI=1S/C22H23N5O2S2/c1-2-12-27-21(28)18-15-5-3-6-16(15)31-20(18)25-22(27)30-13-4-7-17-24-19(26-29-17)14-8-10-23-11-9-14/h8-11H,2-7,12-13H2,1H3. The van der Waals surface area contributed by atoms with Crippen molar-refractivity contribution in [2.24, 2.45) is 0 Å². The highest BCUT2D eigenvalue weighted by Gasteiger charge is 2.23. The molecule has 7 nitrogen and oxygen atoms in total. The Morgan fingerprint density at radius 3 is 2.94 bits per heavy atom. The van der Waals surface area contributed by atoms with Crippen LogP contribution in [0.4, 0.5) is 0 Å². The van der Waals surface area contributed by atoms with Crippen molar-refractivity contribution in [2.75, 3.05) is 5.75 Å². The average molecular weight is 454 g/mol. The second kappa shape index (κ2) is 8.92. The molecular formula is C22H23N5O2S2. The van der Waals surface area contributed by atoms with Crippen LogP contribution in [-0.4, -0.2) is 30.4 Å². The van der Waals surface area contributed by atoms with Crippen molar-refractivity contribution in [3.8, 4) is 11.4 Å². The van der Waals surface area contributed by atoms with E-state index >= 15 is 0 Å². The lowest BCUT2D eigenvalue weighted by atomic mass is 10.2. The van der Waals surface area contributed by atoms with Crippen LogP contribution in [0, 0.1) is 0 Å². The molecule has 4 aromatic rings. The Bertz CT molecular complexity index is 1260.